The zero-order valence-corrected chi connectivity index (χ0v) is 16.8. The number of carbonyl (C=O) groups is 2. The lowest BCUT2D eigenvalue weighted by molar-refractivity contribution is -0.137. The fourth-order valence-corrected chi connectivity index (χ4v) is 3.77. The quantitative estimate of drug-likeness (QED) is 0.606. The Hall–Kier alpha value is -3.20. The summed E-state index contributed by atoms with van der Waals surface area (Å²) in [5.41, 5.74) is 2.63. The van der Waals surface area contributed by atoms with Crippen molar-refractivity contribution in [3.05, 3.63) is 41.7 Å². The molecule has 0 saturated heterocycles. The maximum absolute atomic E-state index is 12.4. The number of benzene rings is 1. The standard InChI is InChI=1S/C23H26N2O4/c1-4-23(11-6-5-7-12-23)25-22(27)21(26)24-17-8-9-19(20(14-17)28-3)18-10-13-29-15-16(18)2/h1,8-10,14-15H,5-7,11-13H2,2-3H3,(H,24,26)(H,25,27). The van der Waals surface area contributed by atoms with E-state index < -0.39 is 17.4 Å². The van der Waals surface area contributed by atoms with Crippen molar-refractivity contribution < 1.29 is 19.1 Å². The van der Waals surface area contributed by atoms with Crippen LogP contribution in [0, 0.1) is 12.3 Å². The van der Waals surface area contributed by atoms with Crippen LogP contribution in [0.3, 0.4) is 0 Å². The summed E-state index contributed by atoms with van der Waals surface area (Å²) in [4.78, 5) is 24.8. The number of rotatable bonds is 4. The Morgan fingerprint density at radius 2 is 1.97 bits per heavy atom. The van der Waals surface area contributed by atoms with Gasteiger partial charge < -0.3 is 20.1 Å². The summed E-state index contributed by atoms with van der Waals surface area (Å²) < 4.78 is 10.8. The smallest absolute Gasteiger partial charge is 0.313 e. The molecular weight excluding hydrogens is 368 g/mol. The minimum absolute atomic E-state index is 0.471. The molecule has 0 unspecified atom stereocenters. The summed E-state index contributed by atoms with van der Waals surface area (Å²) >= 11 is 0. The lowest BCUT2D eigenvalue weighted by atomic mass is 9.82. The van der Waals surface area contributed by atoms with E-state index in [4.69, 9.17) is 15.9 Å². The van der Waals surface area contributed by atoms with E-state index in [1.54, 1.807) is 25.5 Å². The molecule has 1 aliphatic heterocycles. The third-order valence-corrected chi connectivity index (χ3v) is 5.36. The van der Waals surface area contributed by atoms with Crippen molar-refractivity contribution in [3.63, 3.8) is 0 Å². The molecule has 1 aliphatic carbocycles. The average Bonchev–Trinajstić information content (AvgIpc) is 2.74. The molecule has 0 radical (unpaired) electrons. The van der Waals surface area contributed by atoms with Gasteiger partial charge in [-0.25, -0.2) is 0 Å². The van der Waals surface area contributed by atoms with Crippen molar-refractivity contribution in [1.82, 2.24) is 5.32 Å². The molecule has 152 valence electrons. The Morgan fingerprint density at radius 1 is 1.21 bits per heavy atom. The van der Waals surface area contributed by atoms with E-state index in [9.17, 15) is 9.59 Å². The number of carbonyl (C=O) groups excluding carboxylic acids is 2. The Kier molecular flexibility index (Phi) is 6.28. The molecule has 0 aromatic heterocycles. The minimum atomic E-state index is -0.749. The van der Waals surface area contributed by atoms with E-state index in [-0.39, 0.29) is 0 Å². The predicted molar refractivity (Wildman–Crippen MR) is 112 cm³/mol. The van der Waals surface area contributed by atoms with Crippen LogP contribution in [0.5, 0.6) is 5.75 Å². The summed E-state index contributed by atoms with van der Waals surface area (Å²) in [5, 5.41) is 5.38. The SMILES string of the molecule is C#CC1(NC(=O)C(=O)Nc2ccc(C3=CCOC=C3C)c(OC)c2)CCCCC1. The van der Waals surface area contributed by atoms with Crippen LogP contribution >= 0.6 is 0 Å². The third-order valence-electron chi connectivity index (χ3n) is 5.36. The Balaban J connectivity index is 1.72. The molecule has 1 heterocycles. The van der Waals surface area contributed by atoms with Crippen molar-refractivity contribution in [2.45, 2.75) is 44.6 Å². The predicted octanol–water partition coefficient (Wildman–Crippen LogP) is 3.40. The van der Waals surface area contributed by atoms with Crippen LogP contribution in [0.15, 0.2) is 36.1 Å². The van der Waals surface area contributed by atoms with Gasteiger partial charge in [0.2, 0.25) is 0 Å². The number of methoxy groups -OCH3 is 1. The van der Waals surface area contributed by atoms with Crippen molar-refractivity contribution in [2.24, 2.45) is 0 Å². The van der Waals surface area contributed by atoms with Crippen LogP contribution in [-0.2, 0) is 14.3 Å². The highest BCUT2D eigenvalue weighted by Gasteiger charge is 2.33. The van der Waals surface area contributed by atoms with Crippen LogP contribution in [0.1, 0.15) is 44.6 Å². The molecule has 1 fully saturated rings. The van der Waals surface area contributed by atoms with Gasteiger partial charge in [0.1, 0.15) is 17.9 Å². The molecule has 3 rings (SSSR count). The number of amides is 2. The normalized spacial score (nSPS) is 17.7. The minimum Gasteiger partial charge on any atom is -0.497 e. The van der Waals surface area contributed by atoms with Crippen molar-refractivity contribution in [2.75, 3.05) is 19.0 Å². The molecule has 6 nitrogen and oxygen atoms in total. The summed E-state index contributed by atoms with van der Waals surface area (Å²) in [7, 11) is 1.57. The van der Waals surface area contributed by atoms with Crippen molar-refractivity contribution in [1.29, 1.82) is 0 Å². The van der Waals surface area contributed by atoms with Gasteiger partial charge in [-0.05, 0) is 49.1 Å². The third kappa shape index (κ3) is 4.62. The van der Waals surface area contributed by atoms with Crippen LogP contribution in [0.25, 0.3) is 5.57 Å². The molecular formula is C23H26N2O4. The second-order valence-corrected chi connectivity index (χ2v) is 7.36. The van der Waals surface area contributed by atoms with E-state index in [2.05, 4.69) is 16.6 Å². The molecule has 0 atom stereocenters. The van der Waals surface area contributed by atoms with E-state index in [1.807, 2.05) is 19.1 Å². The molecule has 2 amide bonds. The fourth-order valence-electron chi connectivity index (χ4n) is 3.77. The number of nitrogens with one attached hydrogen (secondary N) is 2. The molecule has 2 aliphatic rings. The molecule has 2 N–H and O–H groups in total. The maximum Gasteiger partial charge on any atom is 0.313 e. The lowest BCUT2D eigenvalue weighted by Gasteiger charge is -2.33. The van der Waals surface area contributed by atoms with Gasteiger partial charge in [-0.1, -0.05) is 25.2 Å². The van der Waals surface area contributed by atoms with Crippen LogP contribution in [-0.4, -0.2) is 31.1 Å². The van der Waals surface area contributed by atoms with Crippen molar-refractivity contribution >= 4 is 23.1 Å². The number of terminal acetylenes is 1. The first-order chi connectivity index (χ1) is 14.0. The van der Waals surface area contributed by atoms with Crippen LogP contribution in [0.4, 0.5) is 5.69 Å². The highest BCUT2D eigenvalue weighted by molar-refractivity contribution is 6.39. The molecule has 29 heavy (non-hydrogen) atoms. The number of allylic oxidation sites excluding steroid dienone is 2. The number of hydrogen-bond acceptors (Lipinski definition) is 4. The van der Waals surface area contributed by atoms with E-state index in [0.717, 1.165) is 36.0 Å². The highest BCUT2D eigenvalue weighted by atomic mass is 16.5. The first-order valence-electron chi connectivity index (χ1n) is 9.76. The molecule has 1 aromatic rings. The molecule has 0 bridgehead atoms. The Bertz CT molecular complexity index is 902. The lowest BCUT2D eigenvalue weighted by Crippen LogP contribution is -2.52. The summed E-state index contributed by atoms with van der Waals surface area (Å²) in [6.45, 7) is 2.45. The Morgan fingerprint density at radius 3 is 2.62 bits per heavy atom. The molecule has 1 saturated carbocycles. The van der Waals surface area contributed by atoms with Crippen molar-refractivity contribution in [3.8, 4) is 18.1 Å². The van der Waals surface area contributed by atoms with Gasteiger partial charge in [0.15, 0.2) is 0 Å². The van der Waals surface area contributed by atoms with Gasteiger partial charge in [0.25, 0.3) is 0 Å². The fraction of sp³-hybridized carbons (Fsp3) is 0.391. The summed E-state index contributed by atoms with van der Waals surface area (Å²) in [5.74, 6) is 1.80. The zero-order valence-electron chi connectivity index (χ0n) is 16.8. The second-order valence-electron chi connectivity index (χ2n) is 7.36. The second kappa shape index (κ2) is 8.87. The van der Waals surface area contributed by atoms with Gasteiger partial charge in [-0.15, -0.1) is 6.42 Å². The van der Waals surface area contributed by atoms with E-state index in [0.29, 0.717) is 30.9 Å². The number of hydrogen-bond donors (Lipinski definition) is 2. The highest BCUT2D eigenvalue weighted by Crippen LogP contribution is 2.34. The van der Waals surface area contributed by atoms with Gasteiger partial charge in [0.05, 0.1) is 13.4 Å². The van der Waals surface area contributed by atoms with Crippen LogP contribution in [0.2, 0.25) is 0 Å². The van der Waals surface area contributed by atoms with Gasteiger partial charge in [-0.2, -0.15) is 0 Å². The van der Waals surface area contributed by atoms with Crippen LogP contribution < -0.4 is 15.4 Å². The summed E-state index contributed by atoms with van der Waals surface area (Å²) in [6.07, 6.45) is 13.7. The molecule has 6 heteroatoms. The average molecular weight is 394 g/mol. The van der Waals surface area contributed by atoms with E-state index >= 15 is 0 Å². The number of anilines is 1. The monoisotopic (exact) mass is 394 g/mol. The number of ether oxygens (including phenoxy) is 2. The largest absolute Gasteiger partial charge is 0.497 e. The van der Waals surface area contributed by atoms with Gasteiger partial charge in [-0.3, -0.25) is 9.59 Å². The zero-order chi connectivity index (χ0) is 20.9. The van der Waals surface area contributed by atoms with Gasteiger partial charge >= 0.3 is 11.8 Å². The Labute approximate surface area is 171 Å². The molecule has 0 spiro atoms. The van der Waals surface area contributed by atoms with Gasteiger partial charge in [0, 0.05) is 17.3 Å². The maximum atomic E-state index is 12.4. The summed E-state index contributed by atoms with van der Waals surface area (Å²) in [6, 6.07) is 5.29. The topological polar surface area (TPSA) is 76.7 Å². The molecule has 1 aromatic carbocycles. The first-order valence-corrected chi connectivity index (χ1v) is 9.76. The first kappa shape index (κ1) is 20.5. The van der Waals surface area contributed by atoms with E-state index in [1.165, 1.54) is 0 Å².